The molecular weight excluding hydrogens is 336 g/mol. The van der Waals surface area contributed by atoms with Crippen LogP contribution in [0.4, 0.5) is 11.4 Å². The largest absolute Gasteiger partial charge is 0.398 e. The summed E-state index contributed by atoms with van der Waals surface area (Å²) in [4.78, 5) is 7.58. The van der Waals surface area contributed by atoms with E-state index in [2.05, 4.69) is 21.4 Å². The minimum atomic E-state index is 0.0811. The Bertz CT molecular complexity index is 1030. The maximum Gasteiger partial charge on any atom is 0.101 e. The van der Waals surface area contributed by atoms with Gasteiger partial charge in [0.2, 0.25) is 0 Å². The molecule has 4 rings (SSSR count). The fourth-order valence-corrected chi connectivity index (χ4v) is 3.56. The van der Waals surface area contributed by atoms with Crippen LogP contribution in [0.25, 0.3) is 0 Å². The smallest absolute Gasteiger partial charge is 0.101 e. The molecule has 1 aliphatic rings. The number of nitriles is 1. The molecule has 0 amide bonds. The molecule has 1 aliphatic carbocycles. The molecule has 1 aromatic carbocycles. The van der Waals surface area contributed by atoms with E-state index in [1.54, 1.807) is 12.4 Å². The van der Waals surface area contributed by atoms with Crippen LogP contribution in [0, 0.1) is 16.7 Å². The molecule has 2 aromatic heterocycles. The first-order valence-corrected chi connectivity index (χ1v) is 8.93. The fraction of sp³-hybridized carbons (Fsp3) is 0.190. The van der Waals surface area contributed by atoms with Crippen molar-refractivity contribution in [2.75, 3.05) is 11.1 Å². The summed E-state index contributed by atoms with van der Waals surface area (Å²) in [5.41, 5.74) is 12.1. The second-order valence-corrected chi connectivity index (χ2v) is 6.73. The number of hydrogen-bond acceptors (Lipinski definition) is 5. The minimum Gasteiger partial charge on any atom is -0.398 e. The number of nitrogens with two attached hydrogens (primary N) is 1. The summed E-state index contributed by atoms with van der Waals surface area (Å²) in [6.45, 7) is 0. The van der Waals surface area contributed by atoms with E-state index in [4.69, 9.17) is 16.4 Å². The first-order chi connectivity index (χ1) is 13.2. The van der Waals surface area contributed by atoms with Crippen molar-refractivity contribution in [2.24, 2.45) is 0 Å². The zero-order chi connectivity index (χ0) is 18.8. The quantitative estimate of drug-likeness (QED) is 0.421. The average Bonchev–Trinajstić information content (AvgIpc) is 3.23. The Morgan fingerprint density at radius 3 is 3.00 bits per heavy atom. The molecule has 6 nitrogen and oxygen atoms in total. The van der Waals surface area contributed by atoms with Crippen LogP contribution >= 0.6 is 0 Å². The van der Waals surface area contributed by atoms with E-state index in [9.17, 15) is 0 Å². The van der Waals surface area contributed by atoms with Crippen molar-refractivity contribution in [3.05, 3.63) is 76.9 Å². The lowest BCUT2D eigenvalue weighted by molar-refractivity contribution is 0.583. The van der Waals surface area contributed by atoms with Gasteiger partial charge in [0.15, 0.2) is 0 Å². The number of nitrogens with one attached hydrogen (secondary N) is 3. The predicted molar refractivity (Wildman–Crippen MR) is 106 cm³/mol. The summed E-state index contributed by atoms with van der Waals surface area (Å²) in [7, 11) is 0. The van der Waals surface area contributed by atoms with Crippen molar-refractivity contribution >= 4 is 17.1 Å². The van der Waals surface area contributed by atoms with Gasteiger partial charge in [0.05, 0.1) is 28.7 Å². The van der Waals surface area contributed by atoms with Gasteiger partial charge in [-0.05, 0) is 61.2 Å². The van der Waals surface area contributed by atoms with Gasteiger partial charge in [0, 0.05) is 29.3 Å². The van der Waals surface area contributed by atoms with Crippen molar-refractivity contribution in [1.82, 2.24) is 9.97 Å². The maximum absolute atomic E-state index is 9.09. The zero-order valence-electron chi connectivity index (χ0n) is 14.8. The van der Waals surface area contributed by atoms with Gasteiger partial charge in [0.1, 0.15) is 6.07 Å². The molecule has 0 fully saturated rings. The standard InChI is InChI=1S/C21H20N6/c22-11-13-9-14-3-1-4-19(21(14)26-12-13)27-15-6-7-17(23)16(10-15)20(24)18-5-2-8-25-18/h2,5-10,12,19,24-25,27H,1,3-4,23H2. The Hall–Kier alpha value is -3.59. The zero-order valence-corrected chi connectivity index (χ0v) is 14.8. The van der Waals surface area contributed by atoms with E-state index >= 15 is 0 Å². The Labute approximate surface area is 157 Å². The molecule has 5 N–H and O–H groups in total. The highest BCUT2D eigenvalue weighted by atomic mass is 15.0. The van der Waals surface area contributed by atoms with E-state index in [1.807, 2.05) is 36.4 Å². The van der Waals surface area contributed by atoms with Crippen LogP contribution in [-0.2, 0) is 6.42 Å². The van der Waals surface area contributed by atoms with Gasteiger partial charge < -0.3 is 16.0 Å². The normalized spacial score (nSPS) is 15.6. The number of hydrogen-bond donors (Lipinski definition) is 4. The molecule has 1 atom stereocenters. The van der Waals surface area contributed by atoms with Crippen molar-refractivity contribution in [3.63, 3.8) is 0 Å². The molecular formula is C21H20N6. The lowest BCUT2D eigenvalue weighted by atomic mass is 9.91. The lowest BCUT2D eigenvalue weighted by Gasteiger charge is -2.26. The number of nitrogens with zero attached hydrogens (tertiary/aromatic N) is 2. The first kappa shape index (κ1) is 16.9. The van der Waals surface area contributed by atoms with Crippen molar-refractivity contribution in [1.29, 1.82) is 10.7 Å². The number of aryl methyl sites for hydroxylation is 1. The second-order valence-electron chi connectivity index (χ2n) is 6.73. The van der Waals surface area contributed by atoms with Crippen LogP contribution in [0.1, 0.15) is 47.0 Å². The highest BCUT2D eigenvalue weighted by molar-refractivity contribution is 6.13. The van der Waals surface area contributed by atoms with Gasteiger partial charge in [-0.3, -0.25) is 10.4 Å². The van der Waals surface area contributed by atoms with Crippen molar-refractivity contribution < 1.29 is 0 Å². The van der Waals surface area contributed by atoms with Gasteiger partial charge in [-0.15, -0.1) is 0 Å². The number of benzene rings is 1. The van der Waals surface area contributed by atoms with E-state index in [-0.39, 0.29) is 6.04 Å². The lowest BCUT2D eigenvalue weighted by Crippen LogP contribution is -2.19. The van der Waals surface area contributed by atoms with Crippen molar-refractivity contribution in [2.45, 2.75) is 25.3 Å². The van der Waals surface area contributed by atoms with Crippen LogP contribution in [0.5, 0.6) is 0 Å². The Morgan fingerprint density at radius 1 is 1.33 bits per heavy atom. The Balaban J connectivity index is 1.62. The number of nitrogen functional groups attached to an aromatic ring is 1. The predicted octanol–water partition coefficient (Wildman–Crippen LogP) is 3.77. The molecule has 2 heterocycles. The van der Waals surface area contributed by atoms with E-state index in [1.165, 1.54) is 0 Å². The van der Waals surface area contributed by atoms with Crippen LogP contribution in [-0.4, -0.2) is 15.7 Å². The van der Waals surface area contributed by atoms with Gasteiger partial charge in [-0.2, -0.15) is 5.26 Å². The summed E-state index contributed by atoms with van der Waals surface area (Å²) >= 11 is 0. The molecule has 0 spiro atoms. The van der Waals surface area contributed by atoms with Gasteiger partial charge >= 0.3 is 0 Å². The highest BCUT2D eigenvalue weighted by Gasteiger charge is 2.22. The van der Waals surface area contributed by atoms with Gasteiger partial charge in [0.25, 0.3) is 0 Å². The molecule has 6 heteroatoms. The van der Waals surface area contributed by atoms with E-state index < -0.39 is 0 Å². The third kappa shape index (κ3) is 3.27. The summed E-state index contributed by atoms with van der Waals surface area (Å²) < 4.78 is 0. The number of H-pyrrole nitrogens is 1. The van der Waals surface area contributed by atoms with Crippen LogP contribution < -0.4 is 11.1 Å². The van der Waals surface area contributed by atoms with Crippen molar-refractivity contribution in [3.8, 4) is 6.07 Å². The number of aromatic amines is 1. The Kier molecular flexibility index (Phi) is 4.35. The monoisotopic (exact) mass is 356 g/mol. The molecule has 0 aliphatic heterocycles. The van der Waals surface area contributed by atoms with E-state index in [0.29, 0.717) is 22.5 Å². The molecule has 27 heavy (non-hydrogen) atoms. The molecule has 134 valence electrons. The van der Waals surface area contributed by atoms with Crippen LogP contribution in [0.2, 0.25) is 0 Å². The number of rotatable bonds is 4. The highest BCUT2D eigenvalue weighted by Crippen LogP contribution is 2.32. The third-order valence-electron chi connectivity index (χ3n) is 4.93. The summed E-state index contributed by atoms with van der Waals surface area (Å²) in [5, 5.41) is 21.0. The summed E-state index contributed by atoms with van der Waals surface area (Å²) in [6.07, 6.45) is 6.39. The molecule has 0 saturated carbocycles. The van der Waals surface area contributed by atoms with Gasteiger partial charge in [-0.25, -0.2) is 0 Å². The minimum absolute atomic E-state index is 0.0811. The first-order valence-electron chi connectivity index (χ1n) is 8.93. The van der Waals surface area contributed by atoms with Crippen LogP contribution in [0.3, 0.4) is 0 Å². The fourth-order valence-electron chi connectivity index (χ4n) is 3.56. The van der Waals surface area contributed by atoms with Crippen LogP contribution in [0.15, 0.2) is 48.8 Å². The van der Waals surface area contributed by atoms with Gasteiger partial charge in [-0.1, -0.05) is 0 Å². The summed E-state index contributed by atoms with van der Waals surface area (Å²) in [6, 6.07) is 13.6. The molecule has 0 saturated heterocycles. The number of pyridine rings is 1. The number of aromatic nitrogens is 2. The number of anilines is 2. The molecule has 3 aromatic rings. The topological polar surface area (TPSA) is 114 Å². The number of fused-ring (bicyclic) bond motifs is 1. The molecule has 1 unspecified atom stereocenters. The Morgan fingerprint density at radius 2 is 2.22 bits per heavy atom. The second kappa shape index (κ2) is 6.96. The average molecular weight is 356 g/mol. The molecule has 0 bridgehead atoms. The summed E-state index contributed by atoms with van der Waals surface area (Å²) in [5.74, 6) is 0. The van der Waals surface area contributed by atoms with E-state index in [0.717, 1.165) is 41.9 Å². The molecule has 0 radical (unpaired) electrons. The maximum atomic E-state index is 9.09. The SMILES string of the molecule is N#Cc1cnc2c(c1)CCCC2Nc1ccc(N)c(C(=N)c2ccc[nH]2)c1. The third-order valence-corrected chi connectivity index (χ3v) is 4.93.